The van der Waals surface area contributed by atoms with Crippen LogP contribution in [0.3, 0.4) is 0 Å². The highest BCUT2D eigenvalue weighted by molar-refractivity contribution is 5.78. The van der Waals surface area contributed by atoms with Gasteiger partial charge >= 0.3 is 1.43 Å². The number of H-pyrrole nitrogens is 1. The van der Waals surface area contributed by atoms with Crippen LogP contribution in [-0.4, -0.2) is 60.8 Å². The maximum atomic E-state index is 5.50. The molecule has 6 rings (SSSR count). The normalized spacial score (nSPS) is 13.9. The number of anilines is 2. The van der Waals surface area contributed by atoms with E-state index < -0.39 is 0 Å². The summed E-state index contributed by atoms with van der Waals surface area (Å²) in [5, 5.41) is 7.97. The summed E-state index contributed by atoms with van der Waals surface area (Å²) in [6, 6.07) is 11.9. The number of hydrogen-bond donors (Lipinski definition) is 2. The molecule has 11 heteroatoms. The van der Waals surface area contributed by atoms with Crippen LogP contribution in [-0.2, 0) is 11.3 Å². The smallest absolute Gasteiger partial charge is 1.00 e. The molecule has 2 N–H and O–H groups in total. The molecule has 0 radical (unpaired) electrons. The Morgan fingerprint density at radius 2 is 1.85 bits per heavy atom. The molecule has 0 amide bonds. The standard InChI is InChI=1S/C22H21N9O.ClH/c1-2-4-18-17(3-1)26-19(27-18)14-24-21-29-22(30-9-11-32-12-10-30)28-20-16(13-25-31(20)21)15-5-7-23-8-6-15;/h1-8,13H,9-12,14H2,(H,26,27)(H,24,28,29);1H. The van der Waals surface area contributed by atoms with E-state index in [1.807, 2.05) is 42.6 Å². The number of aromatic nitrogens is 7. The lowest BCUT2D eigenvalue weighted by Crippen LogP contribution is -3.00. The third-order valence-electron chi connectivity index (χ3n) is 5.49. The van der Waals surface area contributed by atoms with Gasteiger partial charge in [0.15, 0.2) is 5.65 Å². The molecule has 4 aromatic heterocycles. The monoisotopic (exact) mass is 463 g/mol. The highest BCUT2D eigenvalue weighted by Gasteiger charge is 2.20. The van der Waals surface area contributed by atoms with E-state index in [-0.39, 0.29) is 13.8 Å². The van der Waals surface area contributed by atoms with Crippen molar-refractivity contribution in [1.82, 2.24) is 34.5 Å². The number of imidazole rings is 1. The number of ether oxygens (including phenoxy) is 1. The molecule has 33 heavy (non-hydrogen) atoms. The number of hydrogen-bond acceptors (Lipinski definition) is 8. The molecule has 0 saturated carbocycles. The number of rotatable bonds is 5. The van der Waals surface area contributed by atoms with Crippen LogP contribution in [0.5, 0.6) is 0 Å². The van der Waals surface area contributed by atoms with E-state index in [2.05, 4.69) is 30.3 Å². The van der Waals surface area contributed by atoms with Crippen molar-refractivity contribution in [2.75, 3.05) is 36.5 Å². The van der Waals surface area contributed by atoms with Gasteiger partial charge in [-0.3, -0.25) is 4.98 Å². The van der Waals surface area contributed by atoms with Crippen molar-refractivity contribution >= 4 is 28.6 Å². The van der Waals surface area contributed by atoms with Gasteiger partial charge in [-0.2, -0.15) is 19.6 Å². The average Bonchev–Trinajstić information content (AvgIpc) is 3.47. The van der Waals surface area contributed by atoms with Gasteiger partial charge in [-0.05, 0) is 29.8 Å². The highest BCUT2D eigenvalue weighted by atomic mass is 35.5. The number of para-hydroxylation sites is 2. The van der Waals surface area contributed by atoms with Gasteiger partial charge in [-0.15, -0.1) is 0 Å². The summed E-state index contributed by atoms with van der Waals surface area (Å²) in [7, 11) is 0. The van der Waals surface area contributed by atoms with Crippen molar-refractivity contribution in [3.05, 3.63) is 60.8 Å². The lowest BCUT2D eigenvalue weighted by atomic mass is 10.1. The van der Waals surface area contributed by atoms with Crippen molar-refractivity contribution in [1.29, 1.82) is 0 Å². The van der Waals surface area contributed by atoms with Crippen molar-refractivity contribution < 1.29 is 18.6 Å². The van der Waals surface area contributed by atoms with E-state index in [1.54, 1.807) is 16.9 Å². The molecule has 5 aromatic rings. The molecule has 1 fully saturated rings. The molecule has 10 nitrogen and oxygen atoms in total. The topological polar surface area (TPSA) is 109 Å². The fourth-order valence-electron chi connectivity index (χ4n) is 3.87. The Balaban J connectivity index is 0.00000137. The van der Waals surface area contributed by atoms with Gasteiger partial charge < -0.3 is 32.3 Å². The predicted octanol–water partition coefficient (Wildman–Crippen LogP) is -0.372. The molecule has 1 aliphatic heterocycles. The molecule has 0 unspecified atom stereocenters. The van der Waals surface area contributed by atoms with Gasteiger partial charge in [0, 0.05) is 31.0 Å². The van der Waals surface area contributed by atoms with Gasteiger partial charge in [0.2, 0.25) is 11.9 Å². The first-order valence-electron chi connectivity index (χ1n) is 10.5. The number of aromatic amines is 1. The summed E-state index contributed by atoms with van der Waals surface area (Å²) in [6.07, 6.45) is 5.35. The minimum atomic E-state index is 0. The summed E-state index contributed by atoms with van der Waals surface area (Å²) >= 11 is 0. The molecular formula is C22H22ClN9O. The third-order valence-corrected chi connectivity index (χ3v) is 5.49. The number of fused-ring (bicyclic) bond motifs is 2. The minimum Gasteiger partial charge on any atom is -1.00 e. The Hall–Kier alpha value is -3.76. The number of morpholine rings is 1. The second kappa shape index (κ2) is 9.00. The zero-order valence-corrected chi connectivity index (χ0v) is 18.4. The molecule has 168 valence electrons. The van der Waals surface area contributed by atoms with Gasteiger partial charge in [0.1, 0.15) is 5.82 Å². The van der Waals surface area contributed by atoms with Crippen LogP contribution in [0, 0.1) is 0 Å². The molecular weight excluding hydrogens is 442 g/mol. The van der Waals surface area contributed by atoms with Crippen molar-refractivity contribution in [2.45, 2.75) is 6.54 Å². The Bertz CT molecular complexity index is 1350. The van der Waals surface area contributed by atoms with E-state index in [4.69, 9.17) is 14.7 Å². The number of nitrogens with zero attached hydrogens (tertiary/aromatic N) is 7. The van der Waals surface area contributed by atoms with Gasteiger partial charge in [0.25, 0.3) is 0 Å². The van der Waals surface area contributed by atoms with Gasteiger partial charge in [-0.25, -0.2) is 4.98 Å². The molecule has 1 aliphatic rings. The summed E-state index contributed by atoms with van der Waals surface area (Å²) in [6.45, 7) is 3.29. The van der Waals surface area contributed by atoms with Crippen molar-refractivity contribution in [3.63, 3.8) is 0 Å². The van der Waals surface area contributed by atoms with Gasteiger partial charge in [-0.1, -0.05) is 12.1 Å². The molecule has 0 spiro atoms. The number of pyridine rings is 1. The van der Waals surface area contributed by atoms with E-state index >= 15 is 0 Å². The van der Waals surface area contributed by atoms with E-state index in [0.29, 0.717) is 31.7 Å². The largest absolute Gasteiger partial charge is 1.00 e. The van der Waals surface area contributed by atoms with Gasteiger partial charge in [0.05, 0.1) is 37.0 Å². The first kappa shape index (κ1) is 21.1. The predicted molar refractivity (Wildman–Crippen MR) is 122 cm³/mol. The quantitative estimate of drug-likeness (QED) is 0.363. The SMILES string of the molecule is [Cl-].[H+].c1ccc2[nH]c(CNc3nc(N4CCOCC4)nc4c(-c5ccncc5)cnn34)nc2c1. The Kier molecular flexibility index (Phi) is 5.76. The first-order valence-corrected chi connectivity index (χ1v) is 10.5. The molecule has 0 bridgehead atoms. The molecule has 0 atom stereocenters. The molecule has 1 aromatic carbocycles. The highest BCUT2D eigenvalue weighted by Crippen LogP contribution is 2.26. The summed E-state index contributed by atoms with van der Waals surface area (Å²) in [5.41, 5.74) is 4.61. The number of halogens is 1. The third kappa shape index (κ3) is 4.06. The summed E-state index contributed by atoms with van der Waals surface area (Å²) < 4.78 is 7.24. The van der Waals surface area contributed by atoms with Crippen LogP contribution in [0.25, 0.3) is 27.8 Å². The zero-order valence-electron chi connectivity index (χ0n) is 18.6. The number of nitrogens with one attached hydrogen (secondary N) is 2. The van der Waals surface area contributed by atoms with E-state index in [9.17, 15) is 0 Å². The fraction of sp³-hybridized carbons (Fsp3) is 0.227. The van der Waals surface area contributed by atoms with Crippen LogP contribution in [0.4, 0.5) is 11.9 Å². The van der Waals surface area contributed by atoms with E-state index in [1.165, 1.54) is 0 Å². The van der Waals surface area contributed by atoms with Crippen molar-refractivity contribution in [3.8, 4) is 11.1 Å². The second-order valence-corrected chi connectivity index (χ2v) is 7.53. The van der Waals surface area contributed by atoms with Crippen LogP contribution in [0.2, 0.25) is 0 Å². The lowest BCUT2D eigenvalue weighted by molar-refractivity contribution is -0.00000750. The van der Waals surface area contributed by atoms with Crippen LogP contribution >= 0.6 is 0 Å². The second-order valence-electron chi connectivity index (χ2n) is 7.53. The van der Waals surface area contributed by atoms with Crippen LogP contribution in [0.15, 0.2) is 55.0 Å². The zero-order chi connectivity index (χ0) is 21.3. The first-order chi connectivity index (χ1) is 15.8. The van der Waals surface area contributed by atoms with Crippen LogP contribution < -0.4 is 22.6 Å². The number of benzene rings is 1. The lowest BCUT2D eigenvalue weighted by Gasteiger charge is -2.27. The molecule has 1 saturated heterocycles. The molecule has 5 heterocycles. The minimum absolute atomic E-state index is 0. The Labute approximate surface area is 197 Å². The van der Waals surface area contributed by atoms with Crippen LogP contribution in [0.1, 0.15) is 7.25 Å². The maximum Gasteiger partial charge on any atom is 1.00 e. The van der Waals surface area contributed by atoms with E-state index in [0.717, 1.165) is 46.7 Å². The summed E-state index contributed by atoms with van der Waals surface area (Å²) in [5.74, 6) is 2.09. The average molecular weight is 464 g/mol. The Morgan fingerprint density at radius 3 is 2.67 bits per heavy atom. The van der Waals surface area contributed by atoms with Crippen molar-refractivity contribution in [2.24, 2.45) is 0 Å². The Morgan fingerprint density at radius 1 is 1.03 bits per heavy atom. The maximum absolute atomic E-state index is 5.50. The summed E-state index contributed by atoms with van der Waals surface area (Å²) in [4.78, 5) is 23.9. The fourth-order valence-corrected chi connectivity index (χ4v) is 3.87. The molecule has 0 aliphatic carbocycles.